The maximum absolute atomic E-state index is 10.6. The molecular formula is C11H11NO2S3. The zero-order valence-corrected chi connectivity index (χ0v) is 11.6. The number of hydrogen-bond donors (Lipinski definition) is 1. The number of aromatic nitrogens is 1. The summed E-state index contributed by atoms with van der Waals surface area (Å²) in [7, 11) is 0. The molecule has 1 N–H and O–H groups in total. The highest BCUT2D eigenvalue weighted by atomic mass is 32.2. The van der Waals surface area contributed by atoms with E-state index in [1.165, 1.54) is 16.9 Å². The van der Waals surface area contributed by atoms with Gasteiger partial charge in [-0.15, -0.1) is 11.3 Å². The number of carboxylic acids is 1. The molecule has 90 valence electrons. The van der Waals surface area contributed by atoms with Crippen LogP contribution in [0.25, 0.3) is 0 Å². The number of thioether (sulfide) groups is 1. The first kappa shape index (κ1) is 12.6. The fourth-order valence-electron chi connectivity index (χ4n) is 1.28. The van der Waals surface area contributed by atoms with Crippen molar-refractivity contribution in [2.75, 3.05) is 0 Å². The van der Waals surface area contributed by atoms with Crippen LogP contribution in [0.4, 0.5) is 0 Å². The average Bonchev–Trinajstić information content (AvgIpc) is 2.86. The summed E-state index contributed by atoms with van der Waals surface area (Å²) in [6.07, 6.45) is 0.0719. The number of carboxylic acid groups (broad SMARTS) is 1. The molecular weight excluding hydrogens is 274 g/mol. The molecule has 0 spiro atoms. The summed E-state index contributed by atoms with van der Waals surface area (Å²) in [6.45, 7) is 1.86. The topological polar surface area (TPSA) is 50.2 Å². The van der Waals surface area contributed by atoms with Gasteiger partial charge in [0, 0.05) is 10.6 Å². The van der Waals surface area contributed by atoms with Gasteiger partial charge in [0.2, 0.25) is 0 Å². The van der Waals surface area contributed by atoms with Crippen molar-refractivity contribution in [1.82, 2.24) is 4.98 Å². The molecule has 0 atom stereocenters. The van der Waals surface area contributed by atoms with Crippen LogP contribution >= 0.6 is 34.4 Å². The van der Waals surface area contributed by atoms with Crippen LogP contribution in [0, 0.1) is 6.92 Å². The minimum absolute atomic E-state index is 0.0719. The summed E-state index contributed by atoms with van der Waals surface area (Å²) < 4.78 is 0.949. The maximum Gasteiger partial charge on any atom is 0.308 e. The van der Waals surface area contributed by atoms with Crippen LogP contribution in [0.15, 0.2) is 21.2 Å². The second kappa shape index (κ2) is 5.66. The lowest BCUT2D eigenvalue weighted by molar-refractivity contribution is -0.136. The second-order valence-electron chi connectivity index (χ2n) is 3.48. The van der Waals surface area contributed by atoms with Gasteiger partial charge in [0.15, 0.2) is 4.34 Å². The molecule has 0 saturated carbocycles. The summed E-state index contributed by atoms with van der Waals surface area (Å²) in [6, 6.07) is 2.09. The lowest BCUT2D eigenvalue weighted by Gasteiger charge is -1.93. The Morgan fingerprint density at radius 2 is 2.41 bits per heavy atom. The number of carbonyl (C=O) groups is 1. The number of aryl methyl sites for hydroxylation is 1. The van der Waals surface area contributed by atoms with Gasteiger partial charge in [-0.2, -0.15) is 11.3 Å². The zero-order valence-electron chi connectivity index (χ0n) is 9.17. The van der Waals surface area contributed by atoms with Crippen molar-refractivity contribution in [3.63, 3.8) is 0 Å². The third-order valence-electron chi connectivity index (χ3n) is 2.13. The molecule has 0 unspecified atom stereocenters. The van der Waals surface area contributed by atoms with Crippen LogP contribution in [-0.4, -0.2) is 16.1 Å². The van der Waals surface area contributed by atoms with Crippen LogP contribution in [0.3, 0.4) is 0 Å². The van der Waals surface area contributed by atoms with Crippen molar-refractivity contribution >= 4 is 40.4 Å². The van der Waals surface area contributed by atoms with Gasteiger partial charge >= 0.3 is 5.97 Å². The van der Waals surface area contributed by atoms with E-state index in [9.17, 15) is 4.79 Å². The van der Waals surface area contributed by atoms with Gasteiger partial charge in [-0.05, 0) is 29.3 Å². The van der Waals surface area contributed by atoms with Crippen molar-refractivity contribution in [2.24, 2.45) is 0 Å². The molecule has 0 aromatic carbocycles. The average molecular weight is 285 g/mol. The van der Waals surface area contributed by atoms with Gasteiger partial charge in [0.25, 0.3) is 0 Å². The standard InChI is InChI=1S/C11H11NO2S3/c1-7-9(4-10(13)14)17-11(12-7)16-6-8-2-3-15-5-8/h2-3,5H,4,6H2,1H3,(H,13,14). The van der Waals surface area contributed by atoms with E-state index < -0.39 is 5.97 Å². The van der Waals surface area contributed by atoms with Crippen molar-refractivity contribution in [2.45, 2.75) is 23.4 Å². The molecule has 0 aliphatic rings. The van der Waals surface area contributed by atoms with E-state index in [0.29, 0.717) is 0 Å². The smallest absolute Gasteiger partial charge is 0.308 e. The molecule has 2 heterocycles. The number of hydrogen-bond acceptors (Lipinski definition) is 5. The minimum atomic E-state index is -0.800. The molecule has 6 heteroatoms. The quantitative estimate of drug-likeness (QED) is 0.855. The summed E-state index contributed by atoms with van der Waals surface area (Å²) in [5.41, 5.74) is 2.12. The fraction of sp³-hybridized carbons (Fsp3) is 0.273. The summed E-state index contributed by atoms with van der Waals surface area (Å²) >= 11 is 4.83. The van der Waals surface area contributed by atoms with Crippen molar-refractivity contribution < 1.29 is 9.90 Å². The Morgan fingerprint density at radius 3 is 3.06 bits per heavy atom. The molecule has 0 saturated heterocycles. The second-order valence-corrected chi connectivity index (χ2v) is 6.57. The van der Waals surface area contributed by atoms with Gasteiger partial charge in [-0.3, -0.25) is 4.79 Å². The van der Waals surface area contributed by atoms with Crippen LogP contribution < -0.4 is 0 Å². The first-order valence-corrected chi connectivity index (χ1v) is 7.71. The summed E-state index contributed by atoms with van der Waals surface area (Å²) in [5.74, 6) is 0.0920. The number of thiophene rings is 1. The summed E-state index contributed by atoms with van der Waals surface area (Å²) in [4.78, 5) is 15.9. The molecule has 2 rings (SSSR count). The Hall–Kier alpha value is -0.850. The predicted octanol–water partition coefficient (Wildman–Crippen LogP) is 3.43. The third kappa shape index (κ3) is 3.55. The third-order valence-corrected chi connectivity index (χ3v) is 5.23. The molecule has 0 fully saturated rings. The molecule has 3 nitrogen and oxygen atoms in total. The highest BCUT2D eigenvalue weighted by molar-refractivity contribution is 8.00. The Balaban J connectivity index is 1.99. The number of nitrogens with zero attached hydrogens (tertiary/aromatic N) is 1. The predicted molar refractivity (Wildman–Crippen MR) is 72.1 cm³/mol. The van der Waals surface area contributed by atoms with Gasteiger partial charge in [-0.25, -0.2) is 4.98 Å². The van der Waals surface area contributed by atoms with Crippen LogP contribution in [0.2, 0.25) is 0 Å². The van der Waals surface area contributed by atoms with Crippen LogP contribution in [0.1, 0.15) is 16.1 Å². The highest BCUT2D eigenvalue weighted by Gasteiger charge is 2.11. The lowest BCUT2D eigenvalue weighted by atomic mass is 10.3. The SMILES string of the molecule is Cc1nc(SCc2ccsc2)sc1CC(=O)O. The van der Waals surface area contributed by atoms with Gasteiger partial charge in [0.05, 0.1) is 12.1 Å². The van der Waals surface area contributed by atoms with E-state index in [1.54, 1.807) is 23.1 Å². The normalized spacial score (nSPS) is 10.6. The van der Waals surface area contributed by atoms with E-state index in [-0.39, 0.29) is 6.42 Å². The van der Waals surface area contributed by atoms with E-state index >= 15 is 0 Å². The Bertz CT molecular complexity index is 505. The van der Waals surface area contributed by atoms with Crippen molar-refractivity contribution in [3.05, 3.63) is 33.0 Å². The molecule has 0 aliphatic carbocycles. The van der Waals surface area contributed by atoms with Gasteiger partial charge in [0.1, 0.15) is 0 Å². The Kier molecular flexibility index (Phi) is 4.20. The van der Waals surface area contributed by atoms with E-state index in [0.717, 1.165) is 20.7 Å². The number of aliphatic carboxylic acids is 1. The van der Waals surface area contributed by atoms with E-state index in [2.05, 4.69) is 21.8 Å². The molecule has 0 aliphatic heterocycles. The number of rotatable bonds is 5. The number of thiazole rings is 1. The highest BCUT2D eigenvalue weighted by Crippen LogP contribution is 2.30. The maximum atomic E-state index is 10.6. The lowest BCUT2D eigenvalue weighted by Crippen LogP contribution is -1.99. The van der Waals surface area contributed by atoms with Crippen molar-refractivity contribution in [1.29, 1.82) is 0 Å². The van der Waals surface area contributed by atoms with Crippen LogP contribution in [-0.2, 0) is 17.0 Å². The largest absolute Gasteiger partial charge is 0.481 e. The molecule has 17 heavy (non-hydrogen) atoms. The first-order chi connectivity index (χ1) is 8.15. The minimum Gasteiger partial charge on any atom is -0.481 e. The molecule has 0 bridgehead atoms. The van der Waals surface area contributed by atoms with E-state index in [4.69, 9.17) is 5.11 Å². The Labute approximate surface area is 112 Å². The monoisotopic (exact) mass is 285 g/mol. The molecule has 0 amide bonds. The molecule has 2 aromatic heterocycles. The van der Waals surface area contributed by atoms with Gasteiger partial charge in [-0.1, -0.05) is 11.8 Å². The van der Waals surface area contributed by atoms with Crippen molar-refractivity contribution in [3.8, 4) is 0 Å². The van der Waals surface area contributed by atoms with Gasteiger partial charge < -0.3 is 5.11 Å². The van der Waals surface area contributed by atoms with E-state index in [1.807, 2.05) is 6.92 Å². The fourth-order valence-corrected chi connectivity index (χ4v) is 4.23. The molecule has 0 radical (unpaired) electrons. The zero-order chi connectivity index (χ0) is 12.3. The first-order valence-electron chi connectivity index (χ1n) is 4.97. The van der Waals surface area contributed by atoms with Crippen LogP contribution in [0.5, 0.6) is 0 Å². The summed E-state index contributed by atoms with van der Waals surface area (Å²) in [5, 5.41) is 12.9. The molecule has 2 aromatic rings. The Morgan fingerprint density at radius 1 is 1.59 bits per heavy atom.